The Hall–Kier alpha value is 0.350. The van der Waals surface area contributed by atoms with Crippen molar-refractivity contribution in [3.8, 4) is 0 Å². The van der Waals surface area contributed by atoms with E-state index in [0.717, 1.165) is 51.6 Å². The molecule has 6 heteroatoms. The van der Waals surface area contributed by atoms with E-state index >= 15 is 0 Å². The third-order valence-electron chi connectivity index (χ3n) is 4.27. The van der Waals surface area contributed by atoms with Crippen LogP contribution in [0.15, 0.2) is 0 Å². The minimum absolute atomic E-state index is 0.240. The van der Waals surface area contributed by atoms with Gasteiger partial charge in [-0.25, -0.2) is 0 Å². The number of halogens is 1. The second kappa shape index (κ2) is 4.47. The normalized spacial score (nSPS) is 39.9. The number of rotatable bonds is 2. The standard InChI is InChI=1S/C11H19BrN2O2S/c12-9-7-10-3-4-11(8-9)14(10)17(15,16)13-5-1-2-6-13/h9-11H,1-8H2. The molecule has 0 radical (unpaired) electrons. The SMILES string of the molecule is O=S(=O)(N1CCCC1)N1C2CCC1CC(Br)C2. The number of nitrogens with zero attached hydrogens (tertiary/aromatic N) is 2. The summed E-state index contributed by atoms with van der Waals surface area (Å²) in [4.78, 5) is 0.505. The zero-order valence-electron chi connectivity index (χ0n) is 9.89. The summed E-state index contributed by atoms with van der Waals surface area (Å²) >= 11 is 3.65. The zero-order chi connectivity index (χ0) is 12.0. The van der Waals surface area contributed by atoms with Crippen LogP contribution in [0.4, 0.5) is 0 Å². The fraction of sp³-hybridized carbons (Fsp3) is 1.00. The Bertz CT molecular complexity index is 380. The molecule has 0 aromatic carbocycles. The lowest BCUT2D eigenvalue weighted by Crippen LogP contribution is -2.52. The maximum absolute atomic E-state index is 12.6. The molecule has 4 nitrogen and oxygen atoms in total. The lowest BCUT2D eigenvalue weighted by molar-refractivity contribution is 0.237. The van der Waals surface area contributed by atoms with Crippen molar-refractivity contribution in [3.63, 3.8) is 0 Å². The lowest BCUT2D eigenvalue weighted by Gasteiger charge is -2.38. The number of piperidine rings is 1. The van der Waals surface area contributed by atoms with Gasteiger partial charge < -0.3 is 0 Å². The van der Waals surface area contributed by atoms with Crippen LogP contribution in [0.1, 0.15) is 38.5 Å². The monoisotopic (exact) mass is 322 g/mol. The molecule has 2 bridgehead atoms. The van der Waals surface area contributed by atoms with Gasteiger partial charge in [0.15, 0.2) is 0 Å². The van der Waals surface area contributed by atoms with Gasteiger partial charge in [-0.2, -0.15) is 17.0 Å². The van der Waals surface area contributed by atoms with Crippen LogP contribution in [0.5, 0.6) is 0 Å². The smallest absolute Gasteiger partial charge is 0.195 e. The Morgan fingerprint density at radius 3 is 2.06 bits per heavy atom. The van der Waals surface area contributed by atoms with Crippen molar-refractivity contribution >= 4 is 26.1 Å². The summed E-state index contributed by atoms with van der Waals surface area (Å²) in [6.45, 7) is 1.44. The van der Waals surface area contributed by atoms with Crippen molar-refractivity contribution in [2.24, 2.45) is 0 Å². The van der Waals surface area contributed by atoms with Crippen molar-refractivity contribution in [2.45, 2.75) is 55.4 Å². The molecule has 3 aliphatic heterocycles. The highest BCUT2D eigenvalue weighted by Gasteiger charge is 2.48. The van der Waals surface area contributed by atoms with E-state index < -0.39 is 10.2 Å². The molecule has 3 aliphatic rings. The summed E-state index contributed by atoms with van der Waals surface area (Å²) in [7, 11) is -3.18. The van der Waals surface area contributed by atoms with Gasteiger partial charge in [0.25, 0.3) is 10.2 Å². The fourth-order valence-corrected chi connectivity index (χ4v) is 6.48. The van der Waals surface area contributed by atoms with Crippen LogP contribution in [-0.4, -0.2) is 47.0 Å². The van der Waals surface area contributed by atoms with Crippen LogP contribution < -0.4 is 0 Å². The minimum Gasteiger partial charge on any atom is -0.195 e. The molecule has 3 saturated heterocycles. The minimum atomic E-state index is -3.18. The van der Waals surface area contributed by atoms with Crippen LogP contribution in [-0.2, 0) is 10.2 Å². The van der Waals surface area contributed by atoms with Crippen molar-refractivity contribution in [2.75, 3.05) is 13.1 Å². The molecule has 98 valence electrons. The molecule has 0 aliphatic carbocycles. The van der Waals surface area contributed by atoms with E-state index in [-0.39, 0.29) is 12.1 Å². The molecule has 3 fully saturated rings. The second-order valence-corrected chi connectivity index (χ2v) is 8.53. The third-order valence-corrected chi connectivity index (χ3v) is 7.16. The molecule has 3 rings (SSSR count). The predicted molar refractivity (Wildman–Crippen MR) is 70.3 cm³/mol. The topological polar surface area (TPSA) is 40.6 Å². The van der Waals surface area contributed by atoms with Crippen LogP contribution in [0.2, 0.25) is 0 Å². The van der Waals surface area contributed by atoms with Crippen molar-refractivity contribution in [1.29, 1.82) is 0 Å². The fourth-order valence-electron chi connectivity index (χ4n) is 3.50. The Balaban J connectivity index is 1.84. The first-order chi connectivity index (χ1) is 8.09. The first-order valence-electron chi connectivity index (χ1n) is 6.52. The summed E-state index contributed by atoms with van der Waals surface area (Å²) < 4.78 is 28.7. The van der Waals surface area contributed by atoms with Gasteiger partial charge in [0, 0.05) is 30.0 Å². The number of hydrogen-bond acceptors (Lipinski definition) is 2. The third kappa shape index (κ3) is 2.07. The highest BCUT2D eigenvalue weighted by atomic mass is 79.9. The largest absolute Gasteiger partial charge is 0.282 e. The first kappa shape index (κ1) is 12.4. The summed E-state index contributed by atoms with van der Waals surface area (Å²) in [5.41, 5.74) is 0. The van der Waals surface area contributed by atoms with E-state index in [2.05, 4.69) is 15.9 Å². The maximum atomic E-state index is 12.6. The summed E-state index contributed by atoms with van der Waals surface area (Å²) in [6, 6.07) is 0.479. The molecule has 0 spiro atoms. The molecule has 0 aromatic rings. The summed E-state index contributed by atoms with van der Waals surface area (Å²) in [5.74, 6) is 0. The van der Waals surface area contributed by atoms with Gasteiger partial charge in [-0.15, -0.1) is 0 Å². The van der Waals surface area contributed by atoms with Crippen LogP contribution in [0.25, 0.3) is 0 Å². The van der Waals surface area contributed by atoms with E-state index in [1.807, 2.05) is 4.31 Å². The number of fused-ring (bicyclic) bond motifs is 2. The Morgan fingerprint density at radius 1 is 1.00 bits per heavy atom. The van der Waals surface area contributed by atoms with Gasteiger partial charge in [-0.1, -0.05) is 15.9 Å². The van der Waals surface area contributed by atoms with E-state index in [0.29, 0.717) is 4.83 Å². The summed E-state index contributed by atoms with van der Waals surface area (Å²) in [6.07, 6.45) is 6.07. The highest BCUT2D eigenvalue weighted by Crippen LogP contribution is 2.41. The second-order valence-electron chi connectivity index (χ2n) is 5.40. The number of alkyl halides is 1. The van der Waals surface area contributed by atoms with Crippen molar-refractivity contribution < 1.29 is 8.42 Å². The van der Waals surface area contributed by atoms with E-state index in [1.54, 1.807) is 4.31 Å². The average molecular weight is 323 g/mol. The molecular formula is C11H19BrN2O2S. The Morgan fingerprint density at radius 2 is 1.53 bits per heavy atom. The molecule has 2 unspecified atom stereocenters. The quantitative estimate of drug-likeness (QED) is 0.726. The molecule has 3 heterocycles. The molecule has 0 amide bonds. The van der Waals surface area contributed by atoms with Gasteiger partial charge in [0.2, 0.25) is 0 Å². The molecule has 17 heavy (non-hydrogen) atoms. The zero-order valence-corrected chi connectivity index (χ0v) is 12.3. The molecule has 0 N–H and O–H groups in total. The van der Waals surface area contributed by atoms with E-state index in [9.17, 15) is 8.42 Å². The van der Waals surface area contributed by atoms with Crippen LogP contribution in [0, 0.1) is 0 Å². The Kier molecular flexibility index (Phi) is 3.26. The van der Waals surface area contributed by atoms with Crippen molar-refractivity contribution in [3.05, 3.63) is 0 Å². The molecule has 2 atom stereocenters. The maximum Gasteiger partial charge on any atom is 0.282 e. The molecule has 0 saturated carbocycles. The Labute approximate surface area is 112 Å². The summed E-state index contributed by atoms with van der Waals surface area (Å²) in [5, 5.41) is 0. The van der Waals surface area contributed by atoms with Crippen LogP contribution in [0.3, 0.4) is 0 Å². The number of hydrogen-bond donors (Lipinski definition) is 0. The average Bonchev–Trinajstić information content (AvgIpc) is 2.86. The van der Waals surface area contributed by atoms with Gasteiger partial charge in [0.05, 0.1) is 0 Å². The molecule has 0 aromatic heterocycles. The van der Waals surface area contributed by atoms with Crippen LogP contribution >= 0.6 is 15.9 Å². The van der Waals surface area contributed by atoms with E-state index in [1.165, 1.54) is 0 Å². The van der Waals surface area contributed by atoms with Gasteiger partial charge in [-0.3, -0.25) is 0 Å². The predicted octanol–water partition coefficient (Wildman–Crippen LogP) is 1.72. The first-order valence-corrected chi connectivity index (χ1v) is 8.83. The lowest BCUT2D eigenvalue weighted by atomic mass is 10.1. The highest BCUT2D eigenvalue weighted by molar-refractivity contribution is 9.09. The van der Waals surface area contributed by atoms with Gasteiger partial charge in [0.1, 0.15) is 0 Å². The van der Waals surface area contributed by atoms with E-state index in [4.69, 9.17) is 0 Å². The van der Waals surface area contributed by atoms with Gasteiger partial charge in [-0.05, 0) is 38.5 Å². The molecular weight excluding hydrogens is 304 g/mol. The van der Waals surface area contributed by atoms with Gasteiger partial charge >= 0.3 is 0 Å². The van der Waals surface area contributed by atoms with Crippen molar-refractivity contribution in [1.82, 2.24) is 8.61 Å².